The number of anilines is 1. The molecule has 2 aliphatic rings. The number of ether oxygens (including phenoxy) is 2. The molecule has 2 aliphatic heterocycles. The summed E-state index contributed by atoms with van der Waals surface area (Å²) in [5.74, 6) is 0.616. The number of benzene rings is 1. The van der Waals surface area contributed by atoms with E-state index in [1.807, 2.05) is 13.8 Å². The number of aromatic nitrogens is 3. The minimum absolute atomic E-state index is 0.000375. The molecule has 1 aromatic heterocycles. The highest BCUT2D eigenvalue weighted by molar-refractivity contribution is 6.10. The smallest absolute Gasteiger partial charge is 0.278 e. The maximum Gasteiger partial charge on any atom is 0.278 e. The predicted molar refractivity (Wildman–Crippen MR) is 91.5 cm³/mol. The lowest BCUT2D eigenvalue weighted by Gasteiger charge is -2.27. The Morgan fingerprint density at radius 2 is 2.08 bits per heavy atom. The number of hydrogen-bond donors (Lipinski definition) is 2. The summed E-state index contributed by atoms with van der Waals surface area (Å²) < 4.78 is 12.5. The molecule has 0 fully saturated rings. The Hall–Kier alpha value is -3.10. The van der Waals surface area contributed by atoms with Crippen LogP contribution in [0.25, 0.3) is 0 Å². The zero-order chi connectivity index (χ0) is 18.3. The number of carbonyl (C=O) groups is 2. The van der Waals surface area contributed by atoms with Crippen LogP contribution in [0.5, 0.6) is 11.5 Å². The van der Waals surface area contributed by atoms with Gasteiger partial charge in [0, 0.05) is 11.8 Å². The van der Waals surface area contributed by atoms with Crippen molar-refractivity contribution in [1.82, 2.24) is 20.3 Å². The molecule has 2 amide bonds. The lowest BCUT2D eigenvalue weighted by Crippen LogP contribution is -2.47. The second kappa shape index (κ2) is 6.32. The van der Waals surface area contributed by atoms with E-state index in [2.05, 4.69) is 20.9 Å². The van der Waals surface area contributed by atoms with Gasteiger partial charge in [-0.15, -0.1) is 5.10 Å². The molecule has 0 unspecified atom stereocenters. The first kappa shape index (κ1) is 16.4. The first-order chi connectivity index (χ1) is 12.5. The Bertz CT molecular complexity index is 876. The molecule has 26 heavy (non-hydrogen) atoms. The van der Waals surface area contributed by atoms with E-state index in [0.29, 0.717) is 36.9 Å². The third-order valence-corrected chi connectivity index (χ3v) is 4.46. The van der Waals surface area contributed by atoms with Crippen LogP contribution in [0.4, 0.5) is 5.69 Å². The molecular weight excluding hydrogens is 338 g/mol. The molecule has 3 heterocycles. The molecule has 0 spiro atoms. The van der Waals surface area contributed by atoms with Gasteiger partial charge in [-0.05, 0) is 18.1 Å². The van der Waals surface area contributed by atoms with E-state index >= 15 is 0 Å². The molecule has 1 aromatic carbocycles. The van der Waals surface area contributed by atoms with Crippen LogP contribution < -0.4 is 20.1 Å². The molecule has 9 nitrogen and oxygen atoms in total. The van der Waals surface area contributed by atoms with Gasteiger partial charge in [-0.3, -0.25) is 9.59 Å². The number of hydrogen-bond acceptors (Lipinski definition) is 6. The summed E-state index contributed by atoms with van der Waals surface area (Å²) in [5.41, 5.74) is 0.703. The van der Waals surface area contributed by atoms with Crippen LogP contribution in [0, 0.1) is 5.92 Å². The van der Waals surface area contributed by atoms with Crippen molar-refractivity contribution < 1.29 is 19.1 Å². The lowest BCUT2D eigenvalue weighted by molar-refractivity contribution is 0.0869. The summed E-state index contributed by atoms with van der Waals surface area (Å²) in [6, 6.07) is 5.07. The van der Waals surface area contributed by atoms with Crippen LogP contribution >= 0.6 is 0 Å². The van der Waals surface area contributed by atoms with E-state index in [-0.39, 0.29) is 29.3 Å². The predicted octanol–water partition coefficient (Wildman–Crippen LogP) is 1.07. The number of amides is 2. The number of carbonyl (C=O) groups excluding carboxylic acids is 2. The summed E-state index contributed by atoms with van der Waals surface area (Å²) >= 11 is 0. The van der Waals surface area contributed by atoms with Crippen LogP contribution in [-0.4, -0.2) is 46.1 Å². The standard InChI is InChI=1S/C17H19N5O4/c1-9(2)11-8-22-15(17(24)19-11)14(20-21-22)16(23)18-10-3-4-12-13(7-10)26-6-5-25-12/h3-4,7,9,11H,5-6,8H2,1-2H3,(H,18,23)(H,19,24)/t11-/m1/s1. The summed E-state index contributed by atoms with van der Waals surface area (Å²) in [7, 11) is 0. The monoisotopic (exact) mass is 357 g/mol. The summed E-state index contributed by atoms with van der Waals surface area (Å²) in [6.45, 7) is 5.48. The summed E-state index contributed by atoms with van der Waals surface area (Å²) in [4.78, 5) is 25.0. The Morgan fingerprint density at radius 3 is 2.85 bits per heavy atom. The van der Waals surface area contributed by atoms with Crippen molar-refractivity contribution in [2.75, 3.05) is 18.5 Å². The normalized spacial score (nSPS) is 18.3. The number of rotatable bonds is 3. The number of nitrogens with zero attached hydrogens (tertiary/aromatic N) is 3. The highest BCUT2D eigenvalue weighted by atomic mass is 16.6. The average molecular weight is 357 g/mol. The zero-order valence-electron chi connectivity index (χ0n) is 14.5. The van der Waals surface area contributed by atoms with E-state index in [1.165, 1.54) is 4.68 Å². The van der Waals surface area contributed by atoms with E-state index in [9.17, 15) is 9.59 Å². The van der Waals surface area contributed by atoms with Gasteiger partial charge in [0.2, 0.25) is 0 Å². The van der Waals surface area contributed by atoms with E-state index in [0.717, 1.165) is 0 Å². The number of fused-ring (bicyclic) bond motifs is 2. The Balaban J connectivity index is 1.56. The van der Waals surface area contributed by atoms with Crippen LogP contribution in [0.3, 0.4) is 0 Å². The van der Waals surface area contributed by atoms with Crippen molar-refractivity contribution >= 4 is 17.5 Å². The number of nitrogens with one attached hydrogen (secondary N) is 2. The van der Waals surface area contributed by atoms with Gasteiger partial charge in [0.1, 0.15) is 13.2 Å². The second-order valence-electron chi connectivity index (χ2n) is 6.61. The highest BCUT2D eigenvalue weighted by Crippen LogP contribution is 2.32. The molecule has 2 N–H and O–H groups in total. The fourth-order valence-electron chi connectivity index (χ4n) is 2.98. The second-order valence-corrected chi connectivity index (χ2v) is 6.61. The quantitative estimate of drug-likeness (QED) is 0.851. The van der Waals surface area contributed by atoms with Gasteiger partial charge in [-0.1, -0.05) is 19.1 Å². The van der Waals surface area contributed by atoms with Gasteiger partial charge in [-0.25, -0.2) is 4.68 Å². The van der Waals surface area contributed by atoms with Gasteiger partial charge in [0.15, 0.2) is 22.9 Å². The molecular formula is C17H19N5O4. The molecule has 0 saturated carbocycles. The summed E-state index contributed by atoms with van der Waals surface area (Å²) in [5, 5.41) is 13.5. The van der Waals surface area contributed by atoms with E-state index in [1.54, 1.807) is 18.2 Å². The maximum atomic E-state index is 12.6. The van der Waals surface area contributed by atoms with Crippen molar-refractivity contribution in [2.45, 2.75) is 26.4 Å². The van der Waals surface area contributed by atoms with Crippen molar-refractivity contribution in [3.63, 3.8) is 0 Å². The largest absolute Gasteiger partial charge is 0.486 e. The van der Waals surface area contributed by atoms with Gasteiger partial charge in [0.25, 0.3) is 11.8 Å². The van der Waals surface area contributed by atoms with Crippen LogP contribution in [0.1, 0.15) is 34.8 Å². The fourth-order valence-corrected chi connectivity index (χ4v) is 2.98. The Labute approximate surface area is 149 Å². The average Bonchev–Trinajstić information content (AvgIpc) is 3.06. The van der Waals surface area contributed by atoms with Crippen molar-refractivity contribution in [3.05, 3.63) is 29.6 Å². The molecule has 0 radical (unpaired) electrons. The Kier molecular flexibility index (Phi) is 3.98. The van der Waals surface area contributed by atoms with Crippen LogP contribution in [0.15, 0.2) is 18.2 Å². The van der Waals surface area contributed by atoms with Crippen molar-refractivity contribution in [1.29, 1.82) is 0 Å². The third-order valence-electron chi connectivity index (χ3n) is 4.46. The topological polar surface area (TPSA) is 107 Å². The first-order valence-electron chi connectivity index (χ1n) is 8.48. The third kappa shape index (κ3) is 2.85. The molecule has 4 rings (SSSR count). The molecule has 0 aliphatic carbocycles. The summed E-state index contributed by atoms with van der Waals surface area (Å²) in [6.07, 6.45) is 0. The molecule has 0 saturated heterocycles. The minimum atomic E-state index is -0.499. The highest BCUT2D eigenvalue weighted by Gasteiger charge is 2.33. The van der Waals surface area contributed by atoms with Crippen molar-refractivity contribution in [2.24, 2.45) is 5.92 Å². The van der Waals surface area contributed by atoms with Crippen LogP contribution in [0.2, 0.25) is 0 Å². The maximum absolute atomic E-state index is 12.6. The molecule has 136 valence electrons. The fraction of sp³-hybridized carbons (Fsp3) is 0.412. The van der Waals surface area contributed by atoms with Gasteiger partial charge >= 0.3 is 0 Å². The first-order valence-corrected chi connectivity index (χ1v) is 8.48. The Morgan fingerprint density at radius 1 is 1.31 bits per heavy atom. The molecule has 0 bridgehead atoms. The van der Waals surface area contributed by atoms with E-state index in [4.69, 9.17) is 9.47 Å². The van der Waals surface area contributed by atoms with Gasteiger partial charge < -0.3 is 20.1 Å². The van der Waals surface area contributed by atoms with E-state index < -0.39 is 5.91 Å². The molecule has 9 heteroatoms. The SMILES string of the molecule is CC(C)[C@H]1Cn2nnc(C(=O)Nc3ccc4c(c3)OCCO4)c2C(=O)N1. The van der Waals surface area contributed by atoms with Gasteiger partial charge in [-0.2, -0.15) is 0 Å². The molecule has 2 aromatic rings. The van der Waals surface area contributed by atoms with Gasteiger partial charge in [0.05, 0.1) is 12.6 Å². The van der Waals surface area contributed by atoms with Crippen LogP contribution in [-0.2, 0) is 6.54 Å². The van der Waals surface area contributed by atoms with Crippen molar-refractivity contribution in [3.8, 4) is 11.5 Å². The minimum Gasteiger partial charge on any atom is -0.486 e. The molecule has 1 atom stereocenters. The lowest BCUT2D eigenvalue weighted by atomic mass is 10.0. The zero-order valence-corrected chi connectivity index (χ0v) is 14.5.